The van der Waals surface area contributed by atoms with Crippen LogP contribution in [-0.4, -0.2) is 0 Å². The fourth-order valence-electron chi connectivity index (χ4n) is 4.74. The summed E-state index contributed by atoms with van der Waals surface area (Å²) < 4.78 is 29.7. The third kappa shape index (κ3) is 2.73. The van der Waals surface area contributed by atoms with E-state index >= 15 is 0 Å². The van der Waals surface area contributed by atoms with E-state index in [0.717, 1.165) is 31.2 Å². The highest BCUT2D eigenvalue weighted by Gasteiger charge is 2.38. The number of allylic oxidation sites excluding steroid dienone is 2. The molecule has 0 saturated heterocycles. The molecule has 0 spiro atoms. The maximum Gasteiger partial charge on any atom is 0.124 e. The van der Waals surface area contributed by atoms with Gasteiger partial charge in [-0.15, -0.1) is 0 Å². The van der Waals surface area contributed by atoms with Crippen molar-refractivity contribution in [3.8, 4) is 0 Å². The zero-order chi connectivity index (χ0) is 18.7. The summed E-state index contributed by atoms with van der Waals surface area (Å²) in [4.78, 5) is 0. The van der Waals surface area contributed by atoms with Gasteiger partial charge in [0.05, 0.1) is 0 Å². The fourth-order valence-corrected chi connectivity index (χ4v) is 5.87. The molecule has 0 bridgehead atoms. The first-order valence-electron chi connectivity index (χ1n) is 8.62. The van der Waals surface area contributed by atoms with E-state index in [0.29, 0.717) is 0 Å². The Balaban J connectivity index is 1.81. The second kappa shape index (κ2) is 6.42. The molecule has 0 saturated carbocycles. The van der Waals surface area contributed by atoms with Crippen LogP contribution < -0.4 is 0 Å². The zero-order valence-corrected chi connectivity index (χ0v) is 17.9. The van der Waals surface area contributed by atoms with Gasteiger partial charge in [-0.1, -0.05) is 62.1 Å². The third-order valence-corrected chi connectivity index (χ3v) is 7.01. The number of halogens is 4. The van der Waals surface area contributed by atoms with Crippen LogP contribution in [0.25, 0.3) is 12.2 Å². The summed E-state index contributed by atoms with van der Waals surface area (Å²) in [5.41, 5.74) is 6.57. The lowest BCUT2D eigenvalue weighted by atomic mass is 9.73. The summed E-state index contributed by atoms with van der Waals surface area (Å²) in [5, 5.41) is 0. The molecule has 0 aliphatic heterocycles. The van der Waals surface area contributed by atoms with Gasteiger partial charge in [-0.3, -0.25) is 0 Å². The molecule has 0 radical (unpaired) electrons. The molecule has 4 rings (SSSR count). The Bertz CT molecular complexity index is 909. The van der Waals surface area contributed by atoms with E-state index in [4.69, 9.17) is 0 Å². The molecule has 0 fully saturated rings. The van der Waals surface area contributed by atoms with Crippen molar-refractivity contribution < 1.29 is 8.78 Å². The number of fused-ring (bicyclic) bond motifs is 2. The van der Waals surface area contributed by atoms with Crippen molar-refractivity contribution in [2.45, 2.75) is 32.6 Å². The van der Waals surface area contributed by atoms with Gasteiger partial charge in [0, 0.05) is 20.8 Å². The molecule has 2 unspecified atom stereocenters. The Morgan fingerprint density at radius 1 is 0.769 bits per heavy atom. The first-order chi connectivity index (χ1) is 12.3. The molecule has 4 heteroatoms. The Hall–Kier alpha value is -1.26. The van der Waals surface area contributed by atoms with Gasteiger partial charge in [0.2, 0.25) is 0 Å². The van der Waals surface area contributed by atoms with Gasteiger partial charge in [-0.2, -0.15) is 0 Å². The number of hydrogen-bond acceptors (Lipinski definition) is 0. The maximum absolute atomic E-state index is 14.1. The minimum Gasteiger partial charge on any atom is -0.207 e. The van der Waals surface area contributed by atoms with E-state index in [9.17, 15) is 8.78 Å². The van der Waals surface area contributed by atoms with Crippen molar-refractivity contribution in [1.82, 2.24) is 0 Å². The summed E-state index contributed by atoms with van der Waals surface area (Å²) in [5.74, 6) is -0.0586. The molecule has 0 N–H and O–H groups in total. The van der Waals surface area contributed by atoms with Crippen molar-refractivity contribution >= 4 is 44.0 Å². The first kappa shape index (κ1) is 18.1. The number of benzene rings is 2. The summed E-state index contributed by atoms with van der Waals surface area (Å²) in [6.07, 6.45) is 4.27. The topological polar surface area (TPSA) is 0 Å². The highest BCUT2D eigenvalue weighted by atomic mass is 79.9. The SMILES string of the molecule is CC1=Cc2c(Br)cc(F)cc2C1C(C)C1C(C)=Cc2c(Br)cc(F)cc21. The summed E-state index contributed by atoms with van der Waals surface area (Å²) >= 11 is 6.98. The van der Waals surface area contributed by atoms with Crippen LogP contribution in [0.4, 0.5) is 8.78 Å². The Morgan fingerprint density at radius 2 is 1.15 bits per heavy atom. The Kier molecular flexibility index (Phi) is 4.47. The third-order valence-electron chi connectivity index (χ3n) is 5.70. The Morgan fingerprint density at radius 3 is 1.54 bits per heavy atom. The van der Waals surface area contributed by atoms with E-state index < -0.39 is 0 Å². The Labute approximate surface area is 169 Å². The number of hydrogen-bond donors (Lipinski definition) is 0. The lowest BCUT2D eigenvalue weighted by molar-refractivity contribution is 0.452. The number of rotatable bonds is 2. The van der Waals surface area contributed by atoms with Gasteiger partial charge in [0.1, 0.15) is 11.6 Å². The predicted molar refractivity (Wildman–Crippen MR) is 110 cm³/mol. The van der Waals surface area contributed by atoms with Crippen molar-refractivity contribution in [1.29, 1.82) is 0 Å². The molecule has 2 aromatic rings. The van der Waals surface area contributed by atoms with Crippen molar-refractivity contribution in [2.75, 3.05) is 0 Å². The molecule has 0 nitrogen and oxygen atoms in total. The van der Waals surface area contributed by atoms with Gasteiger partial charge in [-0.25, -0.2) is 8.78 Å². The lowest BCUT2D eigenvalue weighted by Crippen LogP contribution is -2.18. The van der Waals surface area contributed by atoms with Crippen LogP contribution in [0.15, 0.2) is 44.4 Å². The van der Waals surface area contributed by atoms with Crippen LogP contribution >= 0.6 is 31.9 Å². The monoisotopic (exact) mass is 478 g/mol. The minimum absolute atomic E-state index is 0.110. The first-order valence-corrected chi connectivity index (χ1v) is 10.2. The van der Waals surface area contributed by atoms with Crippen LogP contribution in [-0.2, 0) is 0 Å². The van der Waals surface area contributed by atoms with Gasteiger partial charge < -0.3 is 0 Å². The largest absolute Gasteiger partial charge is 0.207 e. The molecular formula is C22H18Br2F2. The van der Waals surface area contributed by atoms with E-state index in [1.165, 1.54) is 23.3 Å². The molecule has 0 heterocycles. The van der Waals surface area contributed by atoms with Gasteiger partial charge in [0.15, 0.2) is 0 Å². The quantitative estimate of drug-likeness (QED) is 0.411. The standard InChI is InChI=1S/C22H18Br2F2/c1-10-4-15-17(6-13(25)8-19(15)23)21(10)12(3)22-11(2)5-16-18(22)7-14(26)9-20(16)24/h4-9,12,21-22H,1-3H3. The predicted octanol–water partition coefficient (Wildman–Crippen LogP) is 7.83. The van der Waals surface area contributed by atoms with Crippen LogP contribution in [0.2, 0.25) is 0 Å². The normalized spacial score (nSPS) is 22.0. The van der Waals surface area contributed by atoms with E-state index in [2.05, 4.69) is 64.8 Å². The summed E-state index contributed by atoms with van der Waals surface area (Å²) in [6.45, 7) is 6.38. The van der Waals surface area contributed by atoms with Crippen LogP contribution in [0.1, 0.15) is 54.9 Å². The van der Waals surface area contributed by atoms with E-state index in [-0.39, 0.29) is 29.4 Å². The van der Waals surface area contributed by atoms with Gasteiger partial charge in [-0.05, 0) is 66.3 Å². The molecule has 2 atom stereocenters. The van der Waals surface area contributed by atoms with Crippen molar-refractivity contribution in [2.24, 2.45) is 5.92 Å². The van der Waals surface area contributed by atoms with Crippen LogP contribution in [0.5, 0.6) is 0 Å². The second-order valence-corrected chi connectivity index (χ2v) is 9.08. The molecule has 134 valence electrons. The molecule has 2 aromatic carbocycles. The van der Waals surface area contributed by atoms with Crippen molar-refractivity contribution in [3.63, 3.8) is 0 Å². The van der Waals surface area contributed by atoms with Crippen LogP contribution in [0, 0.1) is 17.6 Å². The van der Waals surface area contributed by atoms with Crippen LogP contribution in [0.3, 0.4) is 0 Å². The smallest absolute Gasteiger partial charge is 0.124 e. The molecule has 2 aliphatic rings. The highest BCUT2D eigenvalue weighted by Crippen LogP contribution is 2.52. The highest BCUT2D eigenvalue weighted by molar-refractivity contribution is 9.10. The summed E-state index contributed by atoms with van der Waals surface area (Å²) in [6, 6.07) is 6.31. The van der Waals surface area contributed by atoms with Gasteiger partial charge in [0.25, 0.3) is 0 Å². The molecule has 0 amide bonds. The van der Waals surface area contributed by atoms with Crippen molar-refractivity contribution in [3.05, 3.63) is 78.2 Å². The average Bonchev–Trinajstić information content (AvgIpc) is 3.04. The minimum atomic E-state index is -0.233. The van der Waals surface area contributed by atoms with E-state index in [1.807, 2.05) is 0 Å². The van der Waals surface area contributed by atoms with Gasteiger partial charge >= 0.3 is 0 Å². The fraction of sp³-hybridized carbons (Fsp3) is 0.273. The molecule has 0 aromatic heterocycles. The maximum atomic E-state index is 14.1. The molecule has 26 heavy (non-hydrogen) atoms. The molecule has 2 aliphatic carbocycles. The average molecular weight is 480 g/mol. The lowest BCUT2D eigenvalue weighted by Gasteiger charge is -2.30. The summed E-state index contributed by atoms with van der Waals surface area (Å²) in [7, 11) is 0. The second-order valence-electron chi connectivity index (χ2n) is 7.37. The molecular weight excluding hydrogens is 462 g/mol. The van der Waals surface area contributed by atoms with E-state index in [1.54, 1.807) is 12.1 Å². The zero-order valence-electron chi connectivity index (χ0n) is 14.7.